The first-order valence-corrected chi connectivity index (χ1v) is 8.32. The smallest absolute Gasteiger partial charge is 0.0900 e. The normalized spacial score (nSPS) is 20.0. The van der Waals surface area contributed by atoms with Gasteiger partial charge in [0.1, 0.15) is 0 Å². The van der Waals surface area contributed by atoms with Crippen LogP contribution in [0.5, 0.6) is 0 Å². The molecular formula is C18H25N3O2. The first-order chi connectivity index (χ1) is 11.3. The second-order valence-electron chi connectivity index (χ2n) is 6.17. The van der Waals surface area contributed by atoms with Crippen molar-refractivity contribution in [2.45, 2.75) is 38.1 Å². The molecule has 1 aromatic heterocycles. The van der Waals surface area contributed by atoms with Crippen molar-refractivity contribution in [3.05, 3.63) is 54.4 Å². The fraction of sp³-hybridized carbons (Fsp3) is 0.500. The fourth-order valence-electron chi connectivity index (χ4n) is 3.18. The number of likely N-dealkylation sites (tertiary alicyclic amines) is 1. The van der Waals surface area contributed by atoms with Crippen LogP contribution in [0.3, 0.4) is 0 Å². The maximum atomic E-state index is 10.2. The van der Waals surface area contributed by atoms with Gasteiger partial charge in [0.05, 0.1) is 25.9 Å². The summed E-state index contributed by atoms with van der Waals surface area (Å²) >= 11 is 0. The first-order valence-electron chi connectivity index (χ1n) is 8.32. The van der Waals surface area contributed by atoms with Gasteiger partial charge in [-0.3, -0.25) is 9.58 Å². The second-order valence-corrected chi connectivity index (χ2v) is 6.17. The largest absolute Gasteiger partial charge is 0.389 e. The predicted octanol–water partition coefficient (Wildman–Crippen LogP) is 1.93. The number of β-amino-alcohol motifs (C(OH)–C–C–N with tert-alkyl or cyclic N) is 1. The minimum absolute atomic E-state index is 0.375. The van der Waals surface area contributed by atoms with Crippen LogP contribution >= 0.6 is 0 Å². The van der Waals surface area contributed by atoms with Gasteiger partial charge in [-0.1, -0.05) is 30.3 Å². The molecule has 0 bridgehead atoms. The van der Waals surface area contributed by atoms with Crippen molar-refractivity contribution in [1.29, 1.82) is 0 Å². The van der Waals surface area contributed by atoms with Crippen molar-refractivity contribution >= 4 is 0 Å². The van der Waals surface area contributed by atoms with Crippen molar-refractivity contribution in [2.75, 3.05) is 19.7 Å². The molecule has 5 heteroatoms. The van der Waals surface area contributed by atoms with E-state index >= 15 is 0 Å². The van der Waals surface area contributed by atoms with Crippen LogP contribution in [0.15, 0.2) is 48.8 Å². The van der Waals surface area contributed by atoms with Gasteiger partial charge in [-0.25, -0.2) is 0 Å². The molecule has 124 valence electrons. The van der Waals surface area contributed by atoms with Crippen molar-refractivity contribution in [3.8, 4) is 0 Å². The molecule has 1 aliphatic rings. The van der Waals surface area contributed by atoms with E-state index < -0.39 is 6.10 Å². The summed E-state index contributed by atoms with van der Waals surface area (Å²) in [5, 5.41) is 14.5. The maximum absolute atomic E-state index is 10.2. The fourth-order valence-corrected chi connectivity index (χ4v) is 3.18. The van der Waals surface area contributed by atoms with Crippen molar-refractivity contribution < 1.29 is 9.84 Å². The molecular weight excluding hydrogens is 290 g/mol. The quantitative estimate of drug-likeness (QED) is 0.809. The number of ether oxygens (including phenoxy) is 1. The van der Waals surface area contributed by atoms with E-state index in [-0.39, 0.29) is 0 Å². The number of hydrogen-bond acceptors (Lipinski definition) is 4. The summed E-state index contributed by atoms with van der Waals surface area (Å²) in [7, 11) is 0. The molecule has 0 spiro atoms. The van der Waals surface area contributed by atoms with E-state index in [0.29, 0.717) is 25.8 Å². The highest BCUT2D eigenvalue weighted by Crippen LogP contribution is 2.19. The van der Waals surface area contributed by atoms with Crippen LogP contribution in [0.25, 0.3) is 0 Å². The molecule has 2 heterocycles. The molecule has 0 unspecified atom stereocenters. The zero-order valence-electron chi connectivity index (χ0n) is 13.4. The molecule has 1 fully saturated rings. The number of aromatic nitrogens is 2. The summed E-state index contributed by atoms with van der Waals surface area (Å²) in [5.74, 6) is 0. The van der Waals surface area contributed by atoms with E-state index in [4.69, 9.17) is 4.74 Å². The van der Waals surface area contributed by atoms with Crippen LogP contribution in [0.1, 0.15) is 18.4 Å². The number of aliphatic hydroxyl groups excluding tert-OH is 1. The third-order valence-corrected chi connectivity index (χ3v) is 4.32. The molecule has 0 radical (unpaired) electrons. The van der Waals surface area contributed by atoms with Gasteiger partial charge in [0.15, 0.2) is 0 Å². The van der Waals surface area contributed by atoms with E-state index in [0.717, 1.165) is 25.1 Å². The Morgan fingerprint density at radius 1 is 1.26 bits per heavy atom. The molecule has 3 rings (SSSR count). The molecule has 23 heavy (non-hydrogen) atoms. The number of rotatable bonds is 8. The summed E-state index contributed by atoms with van der Waals surface area (Å²) in [6.07, 6.45) is 5.71. The van der Waals surface area contributed by atoms with Crippen LogP contribution in [-0.2, 0) is 17.9 Å². The predicted molar refractivity (Wildman–Crippen MR) is 88.9 cm³/mol. The average Bonchev–Trinajstić information content (AvgIpc) is 3.22. The maximum Gasteiger partial charge on any atom is 0.0900 e. The van der Waals surface area contributed by atoms with Crippen LogP contribution in [0.4, 0.5) is 0 Å². The number of benzene rings is 1. The lowest BCUT2D eigenvalue weighted by molar-refractivity contribution is 0.00666. The molecule has 0 amide bonds. The van der Waals surface area contributed by atoms with E-state index in [9.17, 15) is 5.11 Å². The third-order valence-electron chi connectivity index (χ3n) is 4.32. The van der Waals surface area contributed by atoms with E-state index in [2.05, 4.69) is 10.00 Å². The zero-order valence-corrected chi connectivity index (χ0v) is 13.4. The Hall–Kier alpha value is -1.69. The van der Waals surface area contributed by atoms with Gasteiger partial charge in [-0.2, -0.15) is 5.10 Å². The summed E-state index contributed by atoms with van der Waals surface area (Å²) in [4.78, 5) is 2.36. The topological polar surface area (TPSA) is 50.5 Å². The van der Waals surface area contributed by atoms with Gasteiger partial charge >= 0.3 is 0 Å². The highest BCUT2D eigenvalue weighted by Gasteiger charge is 2.26. The summed E-state index contributed by atoms with van der Waals surface area (Å²) < 4.78 is 7.61. The van der Waals surface area contributed by atoms with Crippen molar-refractivity contribution in [3.63, 3.8) is 0 Å². The van der Waals surface area contributed by atoms with Gasteiger partial charge in [-0.05, 0) is 31.0 Å². The summed E-state index contributed by atoms with van der Waals surface area (Å²) in [6, 6.07) is 12.5. The molecule has 1 saturated heterocycles. The van der Waals surface area contributed by atoms with Gasteiger partial charge in [0, 0.05) is 25.0 Å². The highest BCUT2D eigenvalue weighted by molar-refractivity contribution is 5.13. The summed E-state index contributed by atoms with van der Waals surface area (Å²) in [5.41, 5.74) is 1.14. The van der Waals surface area contributed by atoms with Gasteiger partial charge in [0.2, 0.25) is 0 Å². The molecule has 1 aliphatic heterocycles. The molecule has 1 N–H and O–H groups in total. The number of hydrogen-bond donors (Lipinski definition) is 1. The lowest BCUT2D eigenvalue weighted by Crippen LogP contribution is -2.40. The van der Waals surface area contributed by atoms with Gasteiger partial charge in [0.25, 0.3) is 0 Å². The Labute approximate surface area is 137 Å². The Balaban J connectivity index is 1.40. The molecule has 1 aromatic carbocycles. The Kier molecular flexibility index (Phi) is 5.80. The SMILES string of the molecule is O[C@H](COCc1ccccc1)CN1CCC[C@H]1Cn1cccn1. The van der Waals surface area contributed by atoms with Crippen LogP contribution < -0.4 is 0 Å². The van der Waals surface area contributed by atoms with E-state index in [1.54, 1.807) is 0 Å². The number of aliphatic hydroxyl groups is 1. The van der Waals surface area contributed by atoms with E-state index in [1.807, 2.05) is 53.5 Å². The Morgan fingerprint density at radius 3 is 2.91 bits per heavy atom. The highest BCUT2D eigenvalue weighted by atomic mass is 16.5. The minimum atomic E-state index is -0.447. The van der Waals surface area contributed by atoms with E-state index in [1.165, 1.54) is 6.42 Å². The van der Waals surface area contributed by atoms with Gasteiger partial charge in [-0.15, -0.1) is 0 Å². The minimum Gasteiger partial charge on any atom is -0.389 e. The van der Waals surface area contributed by atoms with Crippen LogP contribution in [-0.4, -0.2) is 51.6 Å². The Bertz CT molecular complexity index is 559. The number of nitrogens with zero attached hydrogens (tertiary/aromatic N) is 3. The lowest BCUT2D eigenvalue weighted by atomic mass is 10.2. The van der Waals surface area contributed by atoms with Crippen LogP contribution in [0.2, 0.25) is 0 Å². The average molecular weight is 315 g/mol. The molecule has 2 atom stereocenters. The molecule has 0 aliphatic carbocycles. The third kappa shape index (κ3) is 4.89. The Morgan fingerprint density at radius 2 is 2.13 bits per heavy atom. The van der Waals surface area contributed by atoms with Crippen molar-refractivity contribution in [1.82, 2.24) is 14.7 Å². The molecule has 5 nitrogen and oxygen atoms in total. The standard InChI is InChI=1S/C18H25N3O2/c22-18(15-23-14-16-6-2-1-3-7-16)13-20-10-4-8-17(20)12-21-11-5-9-19-21/h1-3,5-7,9,11,17-18,22H,4,8,10,12-15H2/t17-,18-/m0/s1. The lowest BCUT2D eigenvalue weighted by Gasteiger charge is -2.26. The van der Waals surface area contributed by atoms with Gasteiger partial charge < -0.3 is 9.84 Å². The summed E-state index contributed by atoms with van der Waals surface area (Å²) in [6.45, 7) is 3.53. The first kappa shape index (κ1) is 16.2. The zero-order chi connectivity index (χ0) is 15.9. The van der Waals surface area contributed by atoms with Crippen LogP contribution in [0, 0.1) is 0 Å². The monoisotopic (exact) mass is 315 g/mol. The molecule has 0 saturated carbocycles. The second kappa shape index (κ2) is 8.24. The van der Waals surface area contributed by atoms with Crippen molar-refractivity contribution in [2.24, 2.45) is 0 Å². The molecule has 2 aromatic rings.